The third kappa shape index (κ3) is 5.00. The Morgan fingerprint density at radius 3 is 2.46 bits per heavy atom. The van der Waals surface area contributed by atoms with Gasteiger partial charge in [0.1, 0.15) is 6.04 Å². The summed E-state index contributed by atoms with van der Waals surface area (Å²) < 4.78 is 0. The number of pyridine rings is 1. The second-order valence-electron chi connectivity index (χ2n) is 8.59. The van der Waals surface area contributed by atoms with Gasteiger partial charge in [-0.15, -0.1) is 0 Å². The number of anilines is 1. The number of fused-ring (bicyclic) bond motifs is 1. The molecule has 4 aromatic rings. The number of rotatable bonds is 6. The standard InChI is InChI=1S/C27H26ClN5O2/c28-23-7-3-1-6-22(23)26(34)31-25(17-19-18-30-24-8-4-2-5-21(19)24)27(35)33-15-13-32(14-16-33)20-9-11-29-12-10-20/h1-12,18,25,30H,13-17H2,(H,31,34)/t25-/m0/s1. The Morgan fingerprint density at radius 2 is 1.69 bits per heavy atom. The molecular formula is C27H26ClN5O2. The molecule has 2 amide bonds. The number of benzene rings is 2. The summed E-state index contributed by atoms with van der Waals surface area (Å²) in [6.45, 7) is 2.59. The molecule has 1 saturated heterocycles. The summed E-state index contributed by atoms with van der Waals surface area (Å²) in [6, 6.07) is 18.1. The lowest BCUT2D eigenvalue weighted by Gasteiger charge is -2.37. The van der Waals surface area contributed by atoms with Crippen LogP contribution in [0.5, 0.6) is 0 Å². The Balaban J connectivity index is 1.35. The molecule has 0 unspecified atom stereocenters. The Morgan fingerprint density at radius 1 is 0.971 bits per heavy atom. The third-order valence-electron chi connectivity index (χ3n) is 6.44. The van der Waals surface area contributed by atoms with E-state index in [4.69, 9.17) is 11.6 Å². The summed E-state index contributed by atoms with van der Waals surface area (Å²) in [5.41, 5.74) is 3.42. The zero-order valence-corrected chi connectivity index (χ0v) is 19.9. The maximum Gasteiger partial charge on any atom is 0.253 e. The first-order chi connectivity index (χ1) is 17.1. The molecular weight excluding hydrogens is 462 g/mol. The lowest BCUT2D eigenvalue weighted by atomic mass is 10.0. The van der Waals surface area contributed by atoms with Crippen molar-refractivity contribution in [1.82, 2.24) is 20.2 Å². The van der Waals surface area contributed by atoms with Crippen LogP contribution in [0.1, 0.15) is 15.9 Å². The molecule has 0 saturated carbocycles. The molecule has 1 atom stereocenters. The highest BCUT2D eigenvalue weighted by Crippen LogP contribution is 2.22. The minimum Gasteiger partial charge on any atom is -0.368 e. The van der Waals surface area contributed by atoms with Crippen molar-refractivity contribution in [3.63, 3.8) is 0 Å². The van der Waals surface area contributed by atoms with Gasteiger partial charge in [0.15, 0.2) is 0 Å². The minimum atomic E-state index is -0.717. The topological polar surface area (TPSA) is 81.3 Å². The van der Waals surface area contributed by atoms with Crippen LogP contribution >= 0.6 is 11.6 Å². The number of carbonyl (C=O) groups is 2. The minimum absolute atomic E-state index is 0.0925. The molecule has 0 spiro atoms. The van der Waals surface area contributed by atoms with Crippen LogP contribution < -0.4 is 10.2 Å². The van der Waals surface area contributed by atoms with Crippen molar-refractivity contribution >= 4 is 40.0 Å². The molecule has 1 fully saturated rings. The number of H-pyrrole nitrogens is 1. The van der Waals surface area contributed by atoms with Gasteiger partial charge in [-0.3, -0.25) is 14.6 Å². The molecule has 1 aliphatic heterocycles. The highest BCUT2D eigenvalue weighted by Gasteiger charge is 2.30. The Bertz CT molecular complexity index is 1330. The second kappa shape index (κ2) is 10.2. The van der Waals surface area contributed by atoms with Crippen molar-refractivity contribution in [2.24, 2.45) is 0 Å². The summed E-state index contributed by atoms with van der Waals surface area (Å²) in [6.07, 6.45) is 5.83. The molecule has 35 heavy (non-hydrogen) atoms. The van der Waals surface area contributed by atoms with Crippen LogP contribution in [0.4, 0.5) is 5.69 Å². The third-order valence-corrected chi connectivity index (χ3v) is 6.77. The predicted molar refractivity (Wildman–Crippen MR) is 138 cm³/mol. The van der Waals surface area contributed by atoms with E-state index in [1.165, 1.54) is 0 Å². The monoisotopic (exact) mass is 487 g/mol. The smallest absolute Gasteiger partial charge is 0.253 e. The van der Waals surface area contributed by atoms with Crippen molar-refractivity contribution in [1.29, 1.82) is 0 Å². The van der Waals surface area contributed by atoms with Gasteiger partial charge in [-0.2, -0.15) is 0 Å². The Labute approximate surface area is 208 Å². The van der Waals surface area contributed by atoms with Crippen molar-refractivity contribution in [3.8, 4) is 0 Å². The number of carbonyl (C=O) groups excluding carboxylic acids is 2. The van der Waals surface area contributed by atoms with Crippen molar-refractivity contribution in [2.45, 2.75) is 12.5 Å². The molecule has 0 bridgehead atoms. The average Bonchev–Trinajstić information content (AvgIpc) is 3.31. The van der Waals surface area contributed by atoms with Crippen LogP contribution in [-0.4, -0.2) is 58.9 Å². The van der Waals surface area contributed by atoms with Gasteiger partial charge in [-0.1, -0.05) is 41.9 Å². The summed E-state index contributed by atoms with van der Waals surface area (Å²) in [5.74, 6) is -0.450. The fraction of sp³-hybridized carbons (Fsp3) is 0.222. The van der Waals surface area contributed by atoms with Crippen molar-refractivity contribution in [2.75, 3.05) is 31.1 Å². The van der Waals surface area contributed by atoms with Crippen LogP contribution in [-0.2, 0) is 11.2 Å². The highest BCUT2D eigenvalue weighted by atomic mass is 35.5. The number of halogens is 1. The lowest BCUT2D eigenvalue weighted by molar-refractivity contribution is -0.133. The zero-order valence-electron chi connectivity index (χ0n) is 19.2. The predicted octanol–water partition coefficient (Wildman–Crippen LogP) is 3.91. The number of nitrogens with zero attached hydrogens (tertiary/aromatic N) is 3. The van der Waals surface area contributed by atoms with Crippen LogP contribution in [0.25, 0.3) is 10.9 Å². The normalized spacial score (nSPS) is 14.7. The van der Waals surface area contributed by atoms with Gasteiger partial charge in [-0.05, 0) is 35.9 Å². The number of aromatic nitrogens is 2. The largest absolute Gasteiger partial charge is 0.368 e. The van der Waals surface area contributed by atoms with E-state index in [0.717, 1.165) is 22.2 Å². The van der Waals surface area contributed by atoms with E-state index in [0.29, 0.717) is 43.2 Å². The maximum absolute atomic E-state index is 13.7. The second-order valence-corrected chi connectivity index (χ2v) is 8.99. The summed E-state index contributed by atoms with van der Waals surface area (Å²) in [7, 11) is 0. The molecule has 1 aliphatic rings. The number of para-hydroxylation sites is 1. The van der Waals surface area contributed by atoms with E-state index in [1.807, 2.05) is 47.5 Å². The van der Waals surface area contributed by atoms with Crippen molar-refractivity contribution in [3.05, 3.63) is 95.4 Å². The average molecular weight is 488 g/mol. The molecule has 178 valence electrons. The number of hydrogen-bond donors (Lipinski definition) is 2. The van der Waals surface area contributed by atoms with Gasteiger partial charge >= 0.3 is 0 Å². The molecule has 2 aromatic carbocycles. The van der Waals surface area contributed by atoms with Gasteiger partial charge < -0.3 is 20.1 Å². The lowest BCUT2D eigenvalue weighted by Crippen LogP contribution is -2.55. The van der Waals surface area contributed by atoms with Gasteiger partial charge in [0, 0.05) is 67.8 Å². The van der Waals surface area contributed by atoms with E-state index in [-0.39, 0.29) is 11.8 Å². The molecule has 0 radical (unpaired) electrons. The van der Waals surface area contributed by atoms with Crippen LogP contribution in [0, 0.1) is 0 Å². The summed E-state index contributed by atoms with van der Waals surface area (Å²) in [4.78, 5) is 38.2. The first kappa shape index (κ1) is 22.9. The van der Waals surface area contributed by atoms with Gasteiger partial charge in [0.25, 0.3) is 5.91 Å². The fourth-order valence-electron chi connectivity index (χ4n) is 4.56. The van der Waals surface area contributed by atoms with E-state index < -0.39 is 6.04 Å². The number of aromatic amines is 1. The quantitative estimate of drug-likeness (QED) is 0.432. The number of piperazine rings is 1. The summed E-state index contributed by atoms with van der Waals surface area (Å²) in [5, 5.41) is 4.36. The maximum atomic E-state index is 13.7. The molecule has 2 aromatic heterocycles. The molecule has 0 aliphatic carbocycles. The number of amides is 2. The van der Waals surface area contributed by atoms with Gasteiger partial charge in [0.2, 0.25) is 5.91 Å². The first-order valence-electron chi connectivity index (χ1n) is 11.6. The Kier molecular flexibility index (Phi) is 6.68. The fourth-order valence-corrected chi connectivity index (χ4v) is 4.78. The van der Waals surface area contributed by atoms with Crippen molar-refractivity contribution < 1.29 is 9.59 Å². The van der Waals surface area contributed by atoms with Crippen LogP contribution in [0.2, 0.25) is 5.02 Å². The van der Waals surface area contributed by atoms with Gasteiger partial charge in [0.05, 0.1) is 10.6 Å². The van der Waals surface area contributed by atoms with Crippen LogP contribution in [0.15, 0.2) is 79.3 Å². The molecule has 5 rings (SSSR count). The summed E-state index contributed by atoms with van der Waals surface area (Å²) >= 11 is 6.25. The molecule has 7 nitrogen and oxygen atoms in total. The molecule has 2 N–H and O–H groups in total. The number of nitrogens with one attached hydrogen (secondary N) is 2. The van der Waals surface area contributed by atoms with E-state index in [1.54, 1.807) is 36.7 Å². The number of hydrogen-bond acceptors (Lipinski definition) is 4. The first-order valence-corrected chi connectivity index (χ1v) is 12.0. The molecule has 3 heterocycles. The highest BCUT2D eigenvalue weighted by molar-refractivity contribution is 6.33. The van der Waals surface area contributed by atoms with Crippen LogP contribution in [0.3, 0.4) is 0 Å². The van der Waals surface area contributed by atoms with E-state index in [2.05, 4.69) is 20.2 Å². The van der Waals surface area contributed by atoms with E-state index in [9.17, 15) is 9.59 Å². The SMILES string of the molecule is O=C(N[C@@H](Cc1c[nH]c2ccccc12)C(=O)N1CCN(c2ccncc2)CC1)c1ccccc1Cl. The Hall–Kier alpha value is -3.84. The molecule has 8 heteroatoms. The van der Waals surface area contributed by atoms with Gasteiger partial charge in [-0.25, -0.2) is 0 Å². The zero-order chi connectivity index (χ0) is 24.2. The van der Waals surface area contributed by atoms with E-state index >= 15 is 0 Å².